The van der Waals surface area contributed by atoms with E-state index in [1.165, 1.54) is 0 Å². The summed E-state index contributed by atoms with van der Waals surface area (Å²) in [6, 6.07) is -0.290. The zero-order valence-corrected chi connectivity index (χ0v) is 10.6. The average molecular weight is 242 g/mol. The fraction of sp³-hybridized carbons (Fsp3) is 0.818. The molecule has 1 rings (SSSR count). The number of hydrogen-bond donors (Lipinski definition) is 3. The molecule has 0 radical (unpaired) electrons. The van der Waals surface area contributed by atoms with Gasteiger partial charge in [-0.2, -0.15) is 0 Å². The molecule has 1 heterocycles. The minimum atomic E-state index is -0.290. The van der Waals surface area contributed by atoms with Crippen molar-refractivity contribution in [2.45, 2.75) is 18.9 Å². The molecule has 1 unspecified atom stereocenters. The van der Waals surface area contributed by atoms with E-state index >= 15 is 0 Å². The molecule has 6 heteroatoms. The Bertz CT molecular complexity index is 258. The second kappa shape index (κ2) is 7.24. The first-order valence-electron chi connectivity index (χ1n) is 6.02. The van der Waals surface area contributed by atoms with Gasteiger partial charge >= 0.3 is 0 Å². The van der Waals surface area contributed by atoms with Crippen LogP contribution in [0.5, 0.6) is 0 Å². The summed E-state index contributed by atoms with van der Waals surface area (Å²) in [6.07, 6.45) is 2.05. The van der Waals surface area contributed by atoms with Gasteiger partial charge in [-0.1, -0.05) is 0 Å². The molecule has 0 aromatic rings. The fourth-order valence-electron chi connectivity index (χ4n) is 1.64. The van der Waals surface area contributed by atoms with Gasteiger partial charge in [0.2, 0.25) is 11.8 Å². The highest BCUT2D eigenvalue weighted by atomic mass is 16.2. The summed E-state index contributed by atoms with van der Waals surface area (Å²) < 4.78 is 0. The monoisotopic (exact) mass is 242 g/mol. The molecule has 0 aliphatic carbocycles. The maximum Gasteiger partial charge on any atom is 0.238 e. The molecule has 6 nitrogen and oxygen atoms in total. The Morgan fingerprint density at radius 1 is 1.47 bits per heavy atom. The Hall–Kier alpha value is -1.14. The molecular weight excluding hydrogens is 220 g/mol. The van der Waals surface area contributed by atoms with Crippen LogP contribution in [0.25, 0.3) is 0 Å². The van der Waals surface area contributed by atoms with Crippen molar-refractivity contribution in [2.75, 3.05) is 40.3 Å². The summed E-state index contributed by atoms with van der Waals surface area (Å²) in [7, 11) is 4.07. The summed E-state index contributed by atoms with van der Waals surface area (Å²) in [5.74, 6) is -0.0881. The van der Waals surface area contributed by atoms with E-state index in [1.807, 2.05) is 14.1 Å². The van der Waals surface area contributed by atoms with Crippen molar-refractivity contribution in [1.82, 2.24) is 20.9 Å². The lowest BCUT2D eigenvalue weighted by atomic mass is 10.2. The first kappa shape index (κ1) is 13.9. The Morgan fingerprint density at radius 2 is 2.24 bits per heavy atom. The summed E-state index contributed by atoms with van der Waals surface area (Å²) in [5, 5.41) is 8.43. The first-order chi connectivity index (χ1) is 8.09. The van der Waals surface area contributed by atoms with Gasteiger partial charge in [-0.05, 0) is 33.5 Å². The molecule has 1 aliphatic heterocycles. The van der Waals surface area contributed by atoms with Gasteiger partial charge in [0.25, 0.3) is 0 Å². The van der Waals surface area contributed by atoms with Crippen LogP contribution in [0.1, 0.15) is 12.8 Å². The van der Waals surface area contributed by atoms with Crippen molar-refractivity contribution in [2.24, 2.45) is 0 Å². The first-order valence-corrected chi connectivity index (χ1v) is 6.02. The second-order valence-electron chi connectivity index (χ2n) is 4.54. The molecule has 0 spiro atoms. The van der Waals surface area contributed by atoms with Gasteiger partial charge in [0.05, 0.1) is 6.54 Å². The predicted octanol–water partition coefficient (Wildman–Crippen LogP) is -1.47. The van der Waals surface area contributed by atoms with E-state index in [1.54, 1.807) is 0 Å². The van der Waals surface area contributed by atoms with Crippen LogP contribution in [0.3, 0.4) is 0 Å². The van der Waals surface area contributed by atoms with Crippen molar-refractivity contribution >= 4 is 11.8 Å². The Labute approximate surface area is 102 Å². The summed E-state index contributed by atoms with van der Waals surface area (Å²) in [5.41, 5.74) is 0. The molecule has 1 aliphatic rings. The number of carbonyl (C=O) groups excluding carboxylic acids is 2. The molecule has 2 amide bonds. The fourth-order valence-corrected chi connectivity index (χ4v) is 1.64. The minimum Gasteiger partial charge on any atom is -0.355 e. The van der Waals surface area contributed by atoms with Gasteiger partial charge in [-0.25, -0.2) is 0 Å². The smallest absolute Gasteiger partial charge is 0.238 e. The zero-order chi connectivity index (χ0) is 12.7. The molecule has 0 bridgehead atoms. The van der Waals surface area contributed by atoms with Crippen LogP contribution in [0, 0.1) is 0 Å². The molecule has 0 aromatic carbocycles. The van der Waals surface area contributed by atoms with Crippen LogP contribution in [0.2, 0.25) is 0 Å². The van der Waals surface area contributed by atoms with Crippen LogP contribution in [-0.4, -0.2) is 63.0 Å². The Morgan fingerprint density at radius 3 is 2.82 bits per heavy atom. The van der Waals surface area contributed by atoms with Gasteiger partial charge in [0.15, 0.2) is 0 Å². The largest absolute Gasteiger partial charge is 0.355 e. The van der Waals surface area contributed by atoms with Gasteiger partial charge in [0, 0.05) is 13.1 Å². The van der Waals surface area contributed by atoms with Crippen LogP contribution in [-0.2, 0) is 9.59 Å². The van der Waals surface area contributed by atoms with Gasteiger partial charge in [0.1, 0.15) is 6.04 Å². The Kier molecular flexibility index (Phi) is 5.93. The van der Waals surface area contributed by atoms with Crippen molar-refractivity contribution in [3.05, 3.63) is 0 Å². The molecule has 3 N–H and O–H groups in total. The molecule has 0 aromatic heterocycles. The topological polar surface area (TPSA) is 73.5 Å². The van der Waals surface area contributed by atoms with Crippen molar-refractivity contribution in [1.29, 1.82) is 0 Å². The van der Waals surface area contributed by atoms with E-state index in [0.717, 1.165) is 19.4 Å². The maximum atomic E-state index is 11.7. The number of piperazine rings is 1. The SMILES string of the molecule is CN(C)CCCCNC(=O)C1CNC(=O)CN1. The van der Waals surface area contributed by atoms with E-state index in [4.69, 9.17) is 0 Å². The third-order valence-corrected chi connectivity index (χ3v) is 2.66. The van der Waals surface area contributed by atoms with Gasteiger partial charge in [-0.3, -0.25) is 14.9 Å². The lowest BCUT2D eigenvalue weighted by Crippen LogP contribution is -2.58. The summed E-state index contributed by atoms with van der Waals surface area (Å²) in [6.45, 7) is 2.33. The minimum absolute atomic E-state index is 0.0325. The van der Waals surface area contributed by atoms with E-state index in [0.29, 0.717) is 13.1 Å². The van der Waals surface area contributed by atoms with Crippen LogP contribution in [0.15, 0.2) is 0 Å². The Balaban J connectivity index is 2.06. The summed E-state index contributed by atoms with van der Waals surface area (Å²) in [4.78, 5) is 24.7. The maximum absolute atomic E-state index is 11.7. The van der Waals surface area contributed by atoms with E-state index in [-0.39, 0.29) is 24.4 Å². The standard InChI is InChI=1S/C11H22N4O2/c1-15(2)6-4-3-5-12-11(17)9-7-14-10(16)8-13-9/h9,13H,3-8H2,1-2H3,(H,12,17)(H,14,16). The summed E-state index contributed by atoms with van der Waals surface area (Å²) >= 11 is 0. The highest BCUT2D eigenvalue weighted by molar-refractivity contribution is 5.86. The molecule has 1 atom stereocenters. The molecule has 1 saturated heterocycles. The van der Waals surface area contributed by atoms with E-state index < -0.39 is 0 Å². The third-order valence-electron chi connectivity index (χ3n) is 2.66. The number of unbranched alkanes of at least 4 members (excludes halogenated alkanes) is 1. The zero-order valence-electron chi connectivity index (χ0n) is 10.6. The van der Waals surface area contributed by atoms with Crippen molar-refractivity contribution in [3.8, 4) is 0 Å². The van der Waals surface area contributed by atoms with E-state index in [9.17, 15) is 9.59 Å². The molecular formula is C11H22N4O2. The lowest BCUT2D eigenvalue weighted by molar-refractivity contribution is -0.126. The van der Waals surface area contributed by atoms with E-state index in [2.05, 4.69) is 20.9 Å². The van der Waals surface area contributed by atoms with Gasteiger partial charge < -0.3 is 15.5 Å². The lowest BCUT2D eigenvalue weighted by Gasteiger charge is -2.23. The molecule has 98 valence electrons. The molecule has 1 fully saturated rings. The third kappa shape index (κ3) is 5.65. The van der Waals surface area contributed by atoms with Crippen LogP contribution < -0.4 is 16.0 Å². The number of rotatable bonds is 6. The quantitative estimate of drug-likeness (QED) is 0.497. The number of carbonyl (C=O) groups is 2. The van der Waals surface area contributed by atoms with Gasteiger partial charge in [-0.15, -0.1) is 0 Å². The second-order valence-corrected chi connectivity index (χ2v) is 4.54. The average Bonchev–Trinajstić information content (AvgIpc) is 2.29. The predicted molar refractivity (Wildman–Crippen MR) is 65.6 cm³/mol. The van der Waals surface area contributed by atoms with Crippen molar-refractivity contribution < 1.29 is 9.59 Å². The number of nitrogens with zero attached hydrogens (tertiary/aromatic N) is 1. The highest BCUT2D eigenvalue weighted by Gasteiger charge is 2.22. The number of hydrogen-bond acceptors (Lipinski definition) is 4. The number of amides is 2. The van der Waals surface area contributed by atoms with Crippen molar-refractivity contribution in [3.63, 3.8) is 0 Å². The normalized spacial score (nSPS) is 20.2. The number of nitrogens with one attached hydrogen (secondary N) is 3. The van der Waals surface area contributed by atoms with Crippen LogP contribution in [0.4, 0.5) is 0 Å². The highest BCUT2D eigenvalue weighted by Crippen LogP contribution is 1.91. The molecule has 17 heavy (non-hydrogen) atoms. The van der Waals surface area contributed by atoms with Crippen LogP contribution >= 0.6 is 0 Å². The molecule has 0 saturated carbocycles.